The molecule has 1 aliphatic heterocycles. The topological polar surface area (TPSA) is 47.1 Å². The standard InChI is InChI=1S/C12H15BN2O2/c1-12(2)7-16-13(17-8-12)10-4-6-15-11-9(10)3-5-14-11/h3-6H,7-8H2,1-2H3,(H,14,15). The van der Waals surface area contributed by atoms with Crippen molar-refractivity contribution in [3.63, 3.8) is 0 Å². The predicted molar refractivity (Wildman–Crippen MR) is 67.2 cm³/mol. The van der Waals surface area contributed by atoms with Gasteiger partial charge in [0, 0.05) is 36.4 Å². The summed E-state index contributed by atoms with van der Waals surface area (Å²) in [4.78, 5) is 7.35. The number of nitrogens with zero attached hydrogens (tertiary/aromatic N) is 1. The van der Waals surface area contributed by atoms with Crippen molar-refractivity contribution in [1.82, 2.24) is 9.97 Å². The molecule has 1 saturated heterocycles. The first kappa shape index (κ1) is 10.8. The van der Waals surface area contributed by atoms with Gasteiger partial charge in [-0.3, -0.25) is 0 Å². The molecule has 3 heterocycles. The van der Waals surface area contributed by atoms with E-state index in [4.69, 9.17) is 9.31 Å². The number of fused-ring (bicyclic) bond motifs is 1. The fourth-order valence-corrected chi connectivity index (χ4v) is 2.06. The third-order valence-electron chi connectivity index (χ3n) is 3.00. The highest BCUT2D eigenvalue weighted by Crippen LogP contribution is 2.22. The predicted octanol–water partition coefficient (Wildman–Crippen LogP) is 1.33. The lowest BCUT2D eigenvalue weighted by molar-refractivity contribution is 0.0344. The van der Waals surface area contributed by atoms with Gasteiger partial charge in [0.05, 0.1) is 0 Å². The van der Waals surface area contributed by atoms with Gasteiger partial charge in [-0.15, -0.1) is 0 Å². The fraction of sp³-hybridized carbons (Fsp3) is 0.417. The SMILES string of the molecule is CC1(C)COB(c2ccnc3[nH]ccc23)OC1. The Bertz CT molecular complexity index is 528. The van der Waals surface area contributed by atoms with Crippen molar-refractivity contribution in [3.8, 4) is 0 Å². The van der Waals surface area contributed by atoms with E-state index in [1.54, 1.807) is 6.20 Å². The summed E-state index contributed by atoms with van der Waals surface area (Å²) in [6.45, 7) is 5.71. The quantitative estimate of drug-likeness (QED) is 0.752. The van der Waals surface area contributed by atoms with Gasteiger partial charge in [-0.25, -0.2) is 4.98 Å². The van der Waals surface area contributed by atoms with Gasteiger partial charge in [0.2, 0.25) is 0 Å². The largest absolute Gasteiger partial charge is 0.494 e. The molecule has 5 heteroatoms. The summed E-state index contributed by atoms with van der Waals surface area (Å²) in [6.07, 6.45) is 3.66. The molecule has 88 valence electrons. The minimum Gasteiger partial charge on any atom is -0.407 e. The van der Waals surface area contributed by atoms with Gasteiger partial charge < -0.3 is 14.3 Å². The van der Waals surface area contributed by atoms with E-state index in [1.165, 1.54) is 0 Å². The van der Waals surface area contributed by atoms with Crippen molar-refractivity contribution >= 4 is 23.6 Å². The summed E-state index contributed by atoms with van der Waals surface area (Å²) in [5.74, 6) is 0. The van der Waals surface area contributed by atoms with Crippen LogP contribution >= 0.6 is 0 Å². The van der Waals surface area contributed by atoms with Crippen LogP contribution in [0.15, 0.2) is 24.5 Å². The van der Waals surface area contributed by atoms with Gasteiger partial charge in [-0.2, -0.15) is 0 Å². The summed E-state index contributed by atoms with van der Waals surface area (Å²) < 4.78 is 11.6. The Kier molecular flexibility index (Phi) is 2.45. The van der Waals surface area contributed by atoms with Crippen LogP contribution in [0.2, 0.25) is 0 Å². The van der Waals surface area contributed by atoms with Gasteiger partial charge in [0.1, 0.15) is 5.65 Å². The van der Waals surface area contributed by atoms with E-state index >= 15 is 0 Å². The van der Waals surface area contributed by atoms with Crippen molar-refractivity contribution in [2.24, 2.45) is 5.41 Å². The Morgan fingerprint density at radius 1 is 1.29 bits per heavy atom. The molecule has 0 atom stereocenters. The van der Waals surface area contributed by atoms with Crippen LogP contribution in [0.1, 0.15) is 13.8 Å². The summed E-state index contributed by atoms with van der Waals surface area (Å²) >= 11 is 0. The number of nitrogens with one attached hydrogen (secondary N) is 1. The molecule has 0 bridgehead atoms. The maximum Gasteiger partial charge on any atom is 0.494 e. The third-order valence-corrected chi connectivity index (χ3v) is 3.00. The number of H-pyrrole nitrogens is 1. The molecule has 1 fully saturated rings. The average molecular weight is 230 g/mol. The lowest BCUT2D eigenvalue weighted by atomic mass is 9.75. The highest BCUT2D eigenvalue weighted by molar-refractivity contribution is 6.64. The number of hydrogen-bond acceptors (Lipinski definition) is 3. The number of aromatic amines is 1. The Morgan fingerprint density at radius 2 is 2.06 bits per heavy atom. The monoisotopic (exact) mass is 230 g/mol. The van der Waals surface area contributed by atoms with Gasteiger partial charge in [-0.05, 0) is 17.6 Å². The smallest absolute Gasteiger partial charge is 0.407 e. The summed E-state index contributed by atoms with van der Waals surface area (Å²) in [5, 5.41) is 1.07. The second-order valence-corrected chi connectivity index (χ2v) is 5.26. The Balaban J connectivity index is 1.92. The van der Waals surface area contributed by atoms with E-state index in [0.717, 1.165) is 16.5 Å². The van der Waals surface area contributed by atoms with Crippen LogP contribution in [0.3, 0.4) is 0 Å². The second kappa shape index (κ2) is 3.86. The van der Waals surface area contributed by atoms with Gasteiger partial charge in [0.15, 0.2) is 0 Å². The van der Waals surface area contributed by atoms with E-state index in [2.05, 4.69) is 23.8 Å². The number of aromatic nitrogens is 2. The summed E-state index contributed by atoms with van der Waals surface area (Å²) in [5.41, 5.74) is 2.02. The molecule has 0 spiro atoms. The minimum absolute atomic E-state index is 0.0980. The van der Waals surface area contributed by atoms with Crippen LogP contribution in [0.25, 0.3) is 11.0 Å². The first-order valence-corrected chi connectivity index (χ1v) is 5.81. The van der Waals surface area contributed by atoms with Gasteiger partial charge in [0.25, 0.3) is 0 Å². The minimum atomic E-state index is -0.274. The van der Waals surface area contributed by atoms with Crippen LogP contribution in [-0.4, -0.2) is 30.3 Å². The highest BCUT2D eigenvalue weighted by Gasteiger charge is 2.34. The van der Waals surface area contributed by atoms with Gasteiger partial charge >= 0.3 is 7.12 Å². The molecule has 1 aliphatic rings. The molecule has 1 N–H and O–H groups in total. The zero-order valence-corrected chi connectivity index (χ0v) is 10.1. The van der Waals surface area contributed by atoms with Crippen molar-refractivity contribution in [2.45, 2.75) is 13.8 Å². The zero-order valence-electron chi connectivity index (χ0n) is 10.1. The second-order valence-electron chi connectivity index (χ2n) is 5.26. The highest BCUT2D eigenvalue weighted by atomic mass is 16.6. The number of hydrogen-bond donors (Lipinski definition) is 1. The van der Waals surface area contributed by atoms with Crippen molar-refractivity contribution in [1.29, 1.82) is 0 Å². The van der Waals surface area contributed by atoms with E-state index < -0.39 is 0 Å². The maximum atomic E-state index is 5.79. The molecule has 4 nitrogen and oxygen atoms in total. The van der Waals surface area contributed by atoms with Gasteiger partial charge in [-0.1, -0.05) is 13.8 Å². The first-order valence-electron chi connectivity index (χ1n) is 5.81. The van der Waals surface area contributed by atoms with Crippen LogP contribution in [-0.2, 0) is 9.31 Å². The van der Waals surface area contributed by atoms with Crippen LogP contribution in [0.4, 0.5) is 0 Å². The lowest BCUT2D eigenvalue weighted by Gasteiger charge is -2.33. The van der Waals surface area contributed by atoms with E-state index in [0.29, 0.717) is 13.2 Å². The van der Waals surface area contributed by atoms with Crippen LogP contribution in [0.5, 0.6) is 0 Å². The Morgan fingerprint density at radius 3 is 2.82 bits per heavy atom. The molecule has 0 saturated carbocycles. The third kappa shape index (κ3) is 1.96. The van der Waals surface area contributed by atoms with Crippen LogP contribution in [0, 0.1) is 5.41 Å². The molecule has 2 aromatic heterocycles. The fourth-order valence-electron chi connectivity index (χ4n) is 2.06. The van der Waals surface area contributed by atoms with E-state index in [9.17, 15) is 0 Å². The molecule has 0 radical (unpaired) electrons. The number of rotatable bonds is 1. The molecule has 0 aromatic carbocycles. The molecule has 0 aliphatic carbocycles. The normalized spacial score (nSPS) is 19.8. The van der Waals surface area contributed by atoms with Crippen LogP contribution < -0.4 is 5.46 Å². The molecular formula is C12H15BN2O2. The maximum absolute atomic E-state index is 5.79. The van der Waals surface area contributed by atoms with Crippen molar-refractivity contribution in [3.05, 3.63) is 24.5 Å². The summed E-state index contributed by atoms with van der Waals surface area (Å²) in [6, 6.07) is 3.96. The Labute approximate surface area is 100 Å². The van der Waals surface area contributed by atoms with E-state index in [1.807, 2.05) is 18.3 Å². The molecule has 0 amide bonds. The summed E-state index contributed by atoms with van der Waals surface area (Å²) in [7, 11) is -0.274. The molecule has 2 aromatic rings. The van der Waals surface area contributed by atoms with Crippen molar-refractivity contribution in [2.75, 3.05) is 13.2 Å². The average Bonchev–Trinajstić information content (AvgIpc) is 2.77. The lowest BCUT2D eigenvalue weighted by Crippen LogP contribution is -2.47. The van der Waals surface area contributed by atoms with Crippen molar-refractivity contribution < 1.29 is 9.31 Å². The molecule has 3 rings (SSSR count). The zero-order chi connectivity index (χ0) is 11.9. The molecule has 0 unspecified atom stereocenters. The Hall–Kier alpha value is -1.33. The molecular weight excluding hydrogens is 215 g/mol. The number of pyridine rings is 1. The first-order chi connectivity index (χ1) is 8.16. The van der Waals surface area contributed by atoms with E-state index in [-0.39, 0.29) is 12.5 Å². The molecule has 17 heavy (non-hydrogen) atoms.